The summed E-state index contributed by atoms with van der Waals surface area (Å²) in [5.41, 5.74) is 0.201. The van der Waals surface area contributed by atoms with Crippen molar-refractivity contribution in [3.63, 3.8) is 0 Å². The van der Waals surface area contributed by atoms with Gasteiger partial charge in [0.15, 0.2) is 17.5 Å². The molecule has 28 heteroatoms. The number of nitrogens with zero attached hydrogens (tertiary/aromatic N) is 10. The fourth-order valence-electron chi connectivity index (χ4n) is 7.33. The summed E-state index contributed by atoms with van der Waals surface area (Å²) in [5.74, 6) is -2.47. The molecule has 0 aromatic carbocycles. The van der Waals surface area contributed by atoms with Gasteiger partial charge in [0.2, 0.25) is 47.2 Å². The number of hydrogen-bond acceptors (Lipinski definition) is 14. The highest BCUT2D eigenvalue weighted by molar-refractivity contribution is 6.04. The highest BCUT2D eigenvalue weighted by Crippen LogP contribution is 2.21. The summed E-state index contributed by atoms with van der Waals surface area (Å²) in [5, 5.41) is 21.5. The number of ether oxygens (including phenoxy) is 1. The van der Waals surface area contributed by atoms with E-state index in [1.807, 2.05) is 27.8 Å². The zero-order chi connectivity index (χ0) is 56.6. The number of nitrogens with one attached hydrogen (secondary N) is 8. The van der Waals surface area contributed by atoms with E-state index in [4.69, 9.17) is 4.74 Å². The number of hydrogen-bond donors (Lipinski definition) is 8. The molecule has 0 aliphatic rings. The third-order valence-electron chi connectivity index (χ3n) is 11.3. The predicted molar refractivity (Wildman–Crippen MR) is 286 cm³/mol. The Hall–Kier alpha value is -8.82. The van der Waals surface area contributed by atoms with Crippen LogP contribution in [-0.2, 0) is 68.7 Å². The van der Waals surface area contributed by atoms with Crippen LogP contribution in [0.4, 0.5) is 45.4 Å². The average molecular weight is 1070 g/mol. The smallest absolute Gasteiger partial charge is 0.410 e. The lowest BCUT2D eigenvalue weighted by Crippen LogP contribution is -2.36. The molecule has 0 bridgehead atoms. The van der Waals surface area contributed by atoms with Crippen LogP contribution in [0, 0.1) is 0 Å². The van der Waals surface area contributed by atoms with Crippen LogP contribution in [0.1, 0.15) is 93.4 Å². The van der Waals surface area contributed by atoms with Gasteiger partial charge >= 0.3 is 6.09 Å². The molecule has 5 heterocycles. The van der Waals surface area contributed by atoms with Gasteiger partial charge in [-0.1, -0.05) is 0 Å². The van der Waals surface area contributed by atoms with Crippen molar-refractivity contribution < 1.29 is 47.9 Å². The number of aromatic nitrogens is 8. The Kier molecular flexibility index (Phi) is 20.8. The fourth-order valence-corrected chi connectivity index (χ4v) is 7.33. The van der Waals surface area contributed by atoms with E-state index in [2.05, 4.69) is 62.4 Å². The van der Waals surface area contributed by atoms with E-state index < -0.39 is 47.0 Å². The monoisotopic (exact) mass is 1070 g/mol. The highest BCUT2D eigenvalue weighted by Gasteiger charge is 2.22. The maximum absolute atomic E-state index is 13.2. The molecule has 416 valence electrons. The molecule has 5 aromatic rings. The average Bonchev–Trinajstić information content (AvgIpc) is 4.17. The number of aryl methyl sites for hydroxylation is 5. The van der Waals surface area contributed by atoms with Gasteiger partial charge in [-0.15, -0.1) is 0 Å². The normalized spacial score (nSPS) is 11.2. The number of carbonyl (C=O) groups is 9. The van der Waals surface area contributed by atoms with Crippen LogP contribution < -0.4 is 42.5 Å². The van der Waals surface area contributed by atoms with Gasteiger partial charge in [0.05, 0.1) is 11.4 Å². The number of carbonyl (C=O) groups excluding carboxylic acids is 9. The van der Waals surface area contributed by atoms with E-state index in [9.17, 15) is 43.2 Å². The molecular weight excluding hydrogens is 1000 g/mol. The van der Waals surface area contributed by atoms with E-state index in [1.54, 1.807) is 85.5 Å². The molecule has 5 aromatic heterocycles. The largest absolute Gasteiger partial charge is 0.444 e. The van der Waals surface area contributed by atoms with E-state index in [-0.39, 0.29) is 79.8 Å². The van der Waals surface area contributed by atoms with Crippen LogP contribution in [-0.4, -0.2) is 147 Å². The summed E-state index contributed by atoms with van der Waals surface area (Å²) in [6, 6.07) is 3.09. The summed E-state index contributed by atoms with van der Waals surface area (Å²) in [6.07, 6.45) is 9.46. The van der Waals surface area contributed by atoms with Crippen molar-refractivity contribution in [2.45, 2.75) is 77.7 Å². The van der Waals surface area contributed by atoms with Crippen molar-refractivity contribution in [1.29, 1.82) is 0 Å². The van der Waals surface area contributed by atoms with Gasteiger partial charge in [-0.25, -0.2) is 14.8 Å². The molecule has 77 heavy (non-hydrogen) atoms. The predicted octanol–water partition coefficient (Wildman–Crippen LogP) is 3.20. The zero-order valence-corrected chi connectivity index (χ0v) is 45.2. The van der Waals surface area contributed by atoms with Gasteiger partial charge in [0.25, 0.3) is 11.8 Å². The molecule has 0 aliphatic carbocycles. The summed E-state index contributed by atoms with van der Waals surface area (Å²) in [4.78, 5) is 130. The zero-order valence-electron chi connectivity index (χ0n) is 45.2. The lowest BCUT2D eigenvalue weighted by atomic mass is 10.2. The highest BCUT2D eigenvalue weighted by atomic mass is 16.6. The maximum atomic E-state index is 13.2. The molecule has 0 unspecified atom stereocenters. The summed E-state index contributed by atoms with van der Waals surface area (Å²) in [6.45, 7) is 7.96. The van der Waals surface area contributed by atoms with Crippen LogP contribution in [0.15, 0.2) is 49.3 Å². The minimum Gasteiger partial charge on any atom is -0.444 e. The summed E-state index contributed by atoms with van der Waals surface area (Å²) < 4.78 is 13.0. The van der Waals surface area contributed by atoms with Crippen LogP contribution in [0.3, 0.4) is 0 Å². The van der Waals surface area contributed by atoms with Crippen molar-refractivity contribution in [3.8, 4) is 0 Å². The second kappa shape index (κ2) is 27.1. The second-order valence-electron chi connectivity index (χ2n) is 19.3. The van der Waals surface area contributed by atoms with Crippen molar-refractivity contribution in [2.24, 2.45) is 35.2 Å². The van der Waals surface area contributed by atoms with E-state index in [0.29, 0.717) is 42.5 Å². The number of rotatable bonds is 26. The second-order valence-corrected chi connectivity index (χ2v) is 19.3. The van der Waals surface area contributed by atoms with Gasteiger partial charge in [-0.05, 0) is 53.8 Å². The Balaban J connectivity index is 0.954. The lowest BCUT2D eigenvalue weighted by molar-refractivity contribution is -0.124. The van der Waals surface area contributed by atoms with E-state index >= 15 is 0 Å². The first-order valence-corrected chi connectivity index (χ1v) is 24.7. The standard InChI is InChI=1S/C49H70N18O10/c1-49(2,3)77-48(76)63(6)23-12-22-61(4)21-11-19-50-37(68)13-14-42(73)60-47-57-34(30-67(47)10)55-39(70)16-18-41(72)59-36-26-32(28-65(36)8)53-46(75)44-56-33(29-66(44)9)54-38(69)15-17-40(71)58-35-25-31(27-64(35)7)52-45(74)43-51-20-24-62(43)5/h20,24-30H,11-19,21-23H2,1-10H3,(H,50,68)(H,52,74)(H,53,75)(H,54,69)(H,55,70)(H,58,71)(H,59,72)(H,57,60,73). The molecule has 0 atom stereocenters. The minimum atomic E-state index is -0.617. The van der Waals surface area contributed by atoms with Gasteiger partial charge < -0.3 is 74.6 Å². The Morgan fingerprint density at radius 2 is 1.01 bits per heavy atom. The summed E-state index contributed by atoms with van der Waals surface area (Å²) >= 11 is 0. The van der Waals surface area contributed by atoms with E-state index in [1.165, 1.54) is 33.8 Å². The minimum absolute atomic E-state index is 0.0339. The maximum Gasteiger partial charge on any atom is 0.410 e. The molecule has 5 rings (SSSR count). The fraction of sp³-hybridized carbons (Fsp3) is 0.469. The molecule has 0 aliphatic heterocycles. The first kappa shape index (κ1) is 59.1. The van der Waals surface area contributed by atoms with Gasteiger partial charge in [0.1, 0.15) is 17.2 Å². The molecule has 9 amide bonds. The Labute approximate surface area is 445 Å². The molecule has 0 radical (unpaired) electrons. The molecule has 8 N–H and O–H groups in total. The van der Waals surface area contributed by atoms with Crippen LogP contribution in [0.2, 0.25) is 0 Å². The lowest BCUT2D eigenvalue weighted by Gasteiger charge is -2.25. The van der Waals surface area contributed by atoms with E-state index in [0.717, 1.165) is 19.5 Å². The number of anilines is 7. The quantitative estimate of drug-likeness (QED) is 0.0369. The van der Waals surface area contributed by atoms with Crippen molar-refractivity contribution in [2.75, 3.05) is 77.5 Å². The number of imidazole rings is 3. The Morgan fingerprint density at radius 3 is 1.55 bits per heavy atom. The molecular formula is C49H70N18O10. The molecule has 0 fully saturated rings. The van der Waals surface area contributed by atoms with Gasteiger partial charge in [-0.3, -0.25) is 43.7 Å². The Bertz CT molecular complexity index is 2940. The SMILES string of the molecule is CN(CCCNC(=O)CCC(=O)Nc1nc(NC(=O)CCC(=O)Nc2cc(NC(=O)c3nc(NC(=O)CCC(=O)Nc4cc(NC(=O)c5nccn5C)cn4C)cn3C)cn2C)cn1C)CCCN(C)C(=O)OC(C)(C)C. The van der Waals surface area contributed by atoms with Crippen LogP contribution in [0.5, 0.6) is 0 Å². The van der Waals surface area contributed by atoms with Crippen LogP contribution >= 0.6 is 0 Å². The molecule has 0 saturated heterocycles. The molecule has 0 saturated carbocycles. The Morgan fingerprint density at radius 1 is 0.532 bits per heavy atom. The van der Waals surface area contributed by atoms with Gasteiger partial charge in [-0.2, -0.15) is 4.98 Å². The first-order valence-electron chi connectivity index (χ1n) is 24.7. The molecule has 0 spiro atoms. The van der Waals surface area contributed by atoms with Crippen molar-refractivity contribution in [1.82, 2.24) is 52.9 Å². The van der Waals surface area contributed by atoms with Gasteiger partial charge in [0, 0.05) is 143 Å². The third-order valence-corrected chi connectivity index (χ3v) is 11.3. The van der Waals surface area contributed by atoms with Crippen molar-refractivity contribution in [3.05, 3.63) is 61.0 Å². The topological polar surface area (TPSA) is 329 Å². The van der Waals surface area contributed by atoms with Crippen LogP contribution in [0.25, 0.3) is 0 Å². The number of amides is 9. The molecule has 28 nitrogen and oxygen atoms in total. The summed E-state index contributed by atoms with van der Waals surface area (Å²) in [7, 11) is 11.9. The first-order chi connectivity index (χ1) is 36.3. The van der Waals surface area contributed by atoms with Crippen molar-refractivity contribution >= 4 is 93.9 Å². The third kappa shape index (κ3) is 19.1.